The van der Waals surface area contributed by atoms with E-state index in [1.54, 1.807) is 24.3 Å². The zero-order valence-electron chi connectivity index (χ0n) is 14.2. The Hall–Kier alpha value is -2.93. The Morgan fingerprint density at radius 1 is 1.23 bits per heavy atom. The van der Waals surface area contributed by atoms with Crippen molar-refractivity contribution < 1.29 is 19.2 Å². The molecule has 2 aromatic carbocycles. The minimum Gasteiger partial charge on any atom is -0.469 e. The lowest BCUT2D eigenvalue weighted by Crippen LogP contribution is -2.31. The largest absolute Gasteiger partial charge is 0.469 e. The monoisotopic (exact) mass is 376 g/mol. The van der Waals surface area contributed by atoms with Crippen molar-refractivity contribution in [1.29, 1.82) is 0 Å². The molecule has 7 nitrogen and oxygen atoms in total. The molecule has 0 saturated heterocycles. The Morgan fingerprint density at radius 2 is 1.92 bits per heavy atom. The highest BCUT2D eigenvalue weighted by Gasteiger charge is 2.24. The summed E-state index contributed by atoms with van der Waals surface area (Å²) < 4.78 is 4.68. The number of nitro groups is 1. The second-order valence-corrected chi connectivity index (χ2v) is 5.94. The van der Waals surface area contributed by atoms with E-state index in [2.05, 4.69) is 10.1 Å². The first-order chi connectivity index (χ1) is 12.3. The van der Waals surface area contributed by atoms with E-state index >= 15 is 0 Å². The Labute approximate surface area is 155 Å². The van der Waals surface area contributed by atoms with Crippen LogP contribution in [0.25, 0.3) is 0 Å². The molecule has 0 aliphatic rings. The predicted octanol–water partition coefficient (Wildman–Crippen LogP) is 3.59. The van der Waals surface area contributed by atoms with Gasteiger partial charge >= 0.3 is 5.97 Å². The van der Waals surface area contributed by atoms with Gasteiger partial charge in [-0.1, -0.05) is 35.9 Å². The van der Waals surface area contributed by atoms with Crippen LogP contribution in [-0.2, 0) is 9.53 Å². The van der Waals surface area contributed by atoms with Gasteiger partial charge in [0.15, 0.2) is 0 Å². The number of carbonyl (C=O) groups is 2. The van der Waals surface area contributed by atoms with Crippen molar-refractivity contribution in [2.45, 2.75) is 19.4 Å². The second kappa shape index (κ2) is 8.44. The molecular formula is C18H17ClN2O5. The molecule has 0 saturated carbocycles. The standard InChI is InChI=1S/C18H17ClN2O5/c1-11-12(7-5-9-16(11)21(24)25)18(23)20-15(10-17(22)26-2)13-6-3-4-8-14(13)19/h3-9,15H,10H2,1-2H3,(H,20,23). The average molecular weight is 377 g/mol. The lowest BCUT2D eigenvalue weighted by atomic mass is 10.0. The summed E-state index contributed by atoms with van der Waals surface area (Å²) in [7, 11) is 1.25. The van der Waals surface area contributed by atoms with Gasteiger partial charge in [0, 0.05) is 22.2 Å². The number of halogens is 1. The number of methoxy groups -OCH3 is 1. The van der Waals surface area contributed by atoms with E-state index in [-0.39, 0.29) is 23.2 Å². The maximum Gasteiger partial charge on any atom is 0.307 e. The molecule has 0 aliphatic heterocycles. The van der Waals surface area contributed by atoms with Crippen molar-refractivity contribution in [3.8, 4) is 0 Å². The van der Waals surface area contributed by atoms with Gasteiger partial charge in [0.05, 0.1) is 24.5 Å². The molecule has 136 valence electrons. The van der Waals surface area contributed by atoms with Crippen LogP contribution in [0.5, 0.6) is 0 Å². The molecule has 0 aliphatic carbocycles. The van der Waals surface area contributed by atoms with E-state index in [1.807, 2.05) is 0 Å². The highest BCUT2D eigenvalue weighted by molar-refractivity contribution is 6.31. The van der Waals surface area contributed by atoms with Gasteiger partial charge in [0.2, 0.25) is 0 Å². The number of benzene rings is 2. The molecule has 0 bridgehead atoms. The van der Waals surface area contributed by atoms with Crippen LogP contribution >= 0.6 is 11.6 Å². The molecule has 0 radical (unpaired) electrons. The van der Waals surface area contributed by atoms with Crippen LogP contribution in [-0.4, -0.2) is 23.9 Å². The molecule has 26 heavy (non-hydrogen) atoms. The number of rotatable bonds is 6. The number of hydrogen-bond acceptors (Lipinski definition) is 5. The van der Waals surface area contributed by atoms with E-state index in [0.717, 1.165) is 0 Å². The summed E-state index contributed by atoms with van der Waals surface area (Å²) in [5.41, 5.74) is 0.794. The number of nitro benzene ring substituents is 1. The van der Waals surface area contributed by atoms with Crippen LogP contribution in [0.3, 0.4) is 0 Å². The van der Waals surface area contributed by atoms with Crippen LogP contribution in [0.15, 0.2) is 42.5 Å². The summed E-state index contributed by atoms with van der Waals surface area (Å²) in [6.45, 7) is 1.50. The summed E-state index contributed by atoms with van der Waals surface area (Å²) in [6, 6.07) is 10.3. The maximum atomic E-state index is 12.7. The maximum absolute atomic E-state index is 12.7. The summed E-state index contributed by atoms with van der Waals surface area (Å²) in [5, 5.41) is 14.2. The number of ether oxygens (including phenoxy) is 1. The number of nitrogens with one attached hydrogen (secondary N) is 1. The minimum atomic E-state index is -0.734. The molecule has 1 amide bonds. The van der Waals surface area contributed by atoms with Gasteiger partial charge in [-0.25, -0.2) is 0 Å². The van der Waals surface area contributed by atoms with Crippen molar-refractivity contribution in [3.05, 3.63) is 74.3 Å². The molecule has 0 spiro atoms. The van der Waals surface area contributed by atoms with Crippen molar-refractivity contribution >= 4 is 29.2 Å². The third-order valence-corrected chi connectivity index (χ3v) is 4.28. The number of nitrogens with zero attached hydrogens (tertiary/aromatic N) is 1. The Kier molecular flexibility index (Phi) is 6.30. The van der Waals surface area contributed by atoms with Crippen molar-refractivity contribution in [2.24, 2.45) is 0 Å². The Morgan fingerprint density at radius 3 is 2.54 bits per heavy atom. The zero-order chi connectivity index (χ0) is 19.3. The first-order valence-electron chi connectivity index (χ1n) is 7.71. The molecular weight excluding hydrogens is 360 g/mol. The first kappa shape index (κ1) is 19.4. The number of amides is 1. The van der Waals surface area contributed by atoms with E-state index in [0.29, 0.717) is 10.6 Å². The smallest absolute Gasteiger partial charge is 0.307 e. The van der Waals surface area contributed by atoms with E-state index in [9.17, 15) is 19.7 Å². The first-order valence-corrected chi connectivity index (χ1v) is 8.09. The molecule has 0 fully saturated rings. The Bertz CT molecular complexity index is 853. The van der Waals surface area contributed by atoms with Crippen LogP contribution in [0, 0.1) is 17.0 Å². The van der Waals surface area contributed by atoms with Gasteiger partial charge < -0.3 is 10.1 Å². The number of hydrogen-bond donors (Lipinski definition) is 1. The van der Waals surface area contributed by atoms with Gasteiger partial charge in [-0.15, -0.1) is 0 Å². The Balaban J connectivity index is 2.35. The fraction of sp³-hybridized carbons (Fsp3) is 0.222. The van der Waals surface area contributed by atoms with E-state index < -0.39 is 22.8 Å². The van der Waals surface area contributed by atoms with Crippen molar-refractivity contribution in [1.82, 2.24) is 5.32 Å². The quantitative estimate of drug-likeness (QED) is 0.472. The number of carbonyl (C=O) groups excluding carboxylic acids is 2. The van der Waals surface area contributed by atoms with E-state index in [4.69, 9.17) is 11.6 Å². The molecule has 1 N–H and O–H groups in total. The lowest BCUT2D eigenvalue weighted by molar-refractivity contribution is -0.385. The third kappa shape index (κ3) is 4.37. The van der Waals surface area contributed by atoms with Gasteiger partial charge in [-0.05, 0) is 24.6 Å². The highest BCUT2D eigenvalue weighted by atomic mass is 35.5. The normalized spacial score (nSPS) is 11.5. The van der Waals surface area contributed by atoms with Crippen LogP contribution in [0.4, 0.5) is 5.69 Å². The predicted molar refractivity (Wildman–Crippen MR) is 96.1 cm³/mol. The fourth-order valence-corrected chi connectivity index (χ4v) is 2.82. The average Bonchev–Trinajstić information content (AvgIpc) is 2.61. The van der Waals surface area contributed by atoms with Crippen molar-refractivity contribution in [2.75, 3.05) is 7.11 Å². The molecule has 1 unspecified atom stereocenters. The minimum absolute atomic E-state index is 0.125. The second-order valence-electron chi connectivity index (χ2n) is 5.53. The topological polar surface area (TPSA) is 98.5 Å². The highest BCUT2D eigenvalue weighted by Crippen LogP contribution is 2.27. The van der Waals surface area contributed by atoms with Gasteiger partial charge in [0.25, 0.3) is 11.6 Å². The summed E-state index contributed by atoms with van der Waals surface area (Å²) in [4.78, 5) is 34.9. The molecule has 2 aromatic rings. The SMILES string of the molecule is COC(=O)CC(NC(=O)c1cccc([N+](=O)[O-])c1C)c1ccccc1Cl. The van der Waals surface area contributed by atoms with Crippen LogP contribution in [0.1, 0.15) is 33.9 Å². The van der Waals surface area contributed by atoms with Gasteiger partial charge in [-0.3, -0.25) is 19.7 Å². The zero-order valence-corrected chi connectivity index (χ0v) is 14.9. The number of esters is 1. The molecule has 0 heterocycles. The van der Waals surface area contributed by atoms with Gasteiger partial charge in [-0.2, -0.15) is 0 Å². The molecule has 1 atom stereocenters. The molecule has 0 aromatic heterocycles. The summed E-state index contributed by atoms with van der Waals surface area (Å²) in [5.74, 6) is -1.06. The third-order valence-electron chi connectivity index (χ3n) is 3.93. The molecule has 8 heteroatoms. The van der Waals surface area contributed by atoms with E-state index in [1.165, 1.54) is 32.2 Å². The van der Waals surface area contributed by atoms with Gasteiger partial charge in [0.1, 0.15) is 0 Å². The summed E-state index contributed by atoms with van der Waals surface area (Å²) >= 11 is 6.18. The van der Waals surface area contributed by atoms with Crippen LogP contribution < -0.4 is 5.32 Å². The molecule has 2 rings (SSSR count). The van der Waals surface area contributed by atoms with Crippen molar-refractivity contribution in [3.63, 3.8) is 0 Å². The summed E-state index contributed by atoms with van der Waals surface area (Å²) in [6.07, 6.45) is -0.125. The fourth-order valence-electron chi connectivity index (χ4n) is 2.55. The lowest BCUT2D eigenvalue weighted by Gasteiger charge is -2.20. The van der Waals surface area contributed by atoms with Crippen LogP contribution in [0.2, 0.25) is 5.02 Å².